The Hall–Kier alpha value is -2.59. The van der Waals surface area contributed by atoms with Crippen LogP contribution >= 0.6 is 23.1 Å². The molecule has 0 unspecified atom stereocenters. The number of nitrogens with one attached hydrogen (secondary N) is 1. The zero-order chi connectivity index (χ0) is 22.5. The van der Waals surface area contributed by atoms with Crippen LogP contribution in [0.5, 0.6) is 5.75 Å². The third kappa shape index (κ3) is 2.50. The summed E-state index contributed by atoms with van der Waals surface area (Å²) in [5, 5.41) is 20.1. The van der Waals surface area contributed by atoms with E-state index < -0.39 is 23.8 Å². The van der Waals surface area contributed by atoms with Gasteiger partial charge in [-0.25, -0.2) is 4.79 Å². The molecule has 166 valence electrons. The van der Waals surface area contributed by atoms with Crippen LogP contribution in [0.4, 0.5) is 0 Å². The molecule has 2 aromatic rings. The molecule has 2 bridgehead atoms. The smallest absolute Gasteiger partial charge is 0.326 e. The molecular weight excluding hydrogens is 452 g/mol. The molecular formula is C22H20N2O6S2. The molecule has 3 N–H and O–H groups in total. The van der Waals surface area contributed by atoms with Crippen molar-refractivity contribution in [3.8, 4) is 5.75 Å². The van der Waals surface area contributed by atoms with Crippen molar-refractivity contribution in [2.45, 2.75) is 35.6 Å². The highest BCUT2D eigenvalue weighted by atomic mass is 32.2. The second-order valence-corrected chi connectivity index (χ2v) is 11.3. The van der Waals surface area contributed by atoms with E-state index in [1.54, 1.807) is 23.9 Å². The lowest BCUT2D eigenvalue weighted by Gasteiger charge is -2.43. The van der Waals surface area contributed by atoms with Crippen LogP contribution in [0.3, 0.4) is 0 Å². The Balaban J connectivity index is 1.45. The van der Waals surface area contributed by atoms with Crippen molar-refractivity contribution < 1.29 is 24.6 Å². The summed E-state index contributed by atoms with van der Waals surface area (Å²) < 4.78 is 0. The monoisotopic (exact) mass is 472 g/mol. The molecule has 1 aromatic heterocycles. The van der Waals surface area contributed by atoms with Gasteiger partial charge in [-0.3, -0.25) is 19.3 Å². The van der Waals surface area contributed by atoms with Gasteiger partial charge in [0.15, 0.2) is 0 Å². The molecule has 1 saturated heterocycles. The van der Waals surface area contributed by atoms with E-state index in [1.807, 2.05) is 12.1 Å². The van der Waals surface area contributed by atoms with Crippen molar-refractivity contribution in [1.82, 2.24) is 9.88 Å². The van der Waals surface area contributed by atoms with Gasteiger partial charge >= 0.3 is 10.8 Å². The predicted octanol–water partition coefficient (Wildman–Crippen LogP) is 2.09. The highest BCUT2D eigenvalue weighted by Crippen LogP contribution is 2.68. The fourth-order valence-electron chi connectivity index (χ4n) is 6.59. The van der Waals surface area contributed by atoms with Crippen molar-refractivity contribution >= 4 is 40.9 Å². The first-order chi connectivity index (χ1) is 15.3. The SMILES string of the molecule is C[C@@H](C(=O)O)N1C(=O)[C@@H]2[C@@H]3C[C@@H]([C@H]4Sc5[nH]c(=O)sc5[C@H](c5ccc(O)cc5)[C@@H]34)[C@@H]2C1=O. The summed E-state index contributed by atoms with van der Waals surface area (Å²) in [6.07, 6.45) is 0.748. The standard InChI is InChI=1S/C22H20N2O6S2/c1-7(21(28)29)24-19(26)14-10-6-11(15(14)20(24)27)16-13(10)12(8-2-4-9(25)5-3-8)17-18(31-16)23-22(30)32-17/h2-5,7,10-16,25H,6H2,1H3,(H,23,30)(H,28,29)/t7-,10+,11+,12+,13+,14+,15-,16+/m0/s1. The second-order valence-electron chi connectivity index (χ2n) is 9.11. The zero-order valence-corrected chi connectivity index (χ0v) is 18.6. The normalized spacial score (nSPS) is 35.5. The number of phenols is 1. The average molecular weight is 473 g/mol. The number of rotatable bonds is 3. The third-order valence-corrected chi connectivity index (χ3v) is 10.3. The van der Waals surface area contributed by atoms with Gasteiger partial charge in [0, 0.05) is 16.0 Å². The number of aromatic nitrogens is 1. The number of carbonyl (C=O) groups excluding carboxylic acids is 2. The zero-order valence-electron chi connectivity index (χ0n) is 16.9. The fraction of sp³-hybridized carbons (Fsp3) is 0.455. The van der Waals surface area contributed by atoms with Crippen LogP contribution in [0.1, 0.15) is 29.7 Å². The number of aromatic hydroxyl groups is 1. The first-order valence-corrected chi connectivity index (χ1v) is 12.3. The molecule has 2 saturated carbocycles. The summed E-state index contributed by atoms with van der Waals surface area (Å²) in [7, 11) is 0. The first kappa shape index (κ1) is 20.0. The Morgan fingerprint density at radius 3 is 2.44 bits per heavy atom. The number of imide groups is 1. The number of thioether (sulfide) groups is 1. The minimum Gasteiger partial charge on any atom is -0.508 e. The van der Waals surface area contributed by atoms with E-state index in [4.69, 9.17) is 0 Å². The molecule has 2 amide bonds. The number of H-pyrrole nitrogens is 1. The largest absolute Gasteiger partial charge is 0.508 e. The third-order valence-electron chi connectivity index (χ3n) is 7.75. The molecule has 4 aliphatic rings. The average Bonchev–Trinajstić information content (AvgIpc) is 3.47. The van der Waals surface area contributed by atoms with E-state index in [2.05, 4.69) is 4.98 Å². The number of hydrogen-bond donors (Lipinski definition) is 3. The van der Waals surface area contributed by atoms with Crippen molar-refractivity contribution in [2.75, 3.05) is 0 Å². The van der Waals surface area contributed by atoms with Gasteiger partial charge in [0.1, 0.15) is 11.8 Å². The number of amides is 2. The van der Waals surface area contributed by atoms with Gasteiger partial charge < -0.3 is 15.2 Å². The molecule has 32 heavy (non-hydrogen) atoms. The molecule has 0 radical (unpaired) electrons. The summed E-state index contributed by atoms with van der Waals surface area (Å²) in [5.74, 6) is -2.95. The maximum atomic E-state index is 13.3. The van der Waals surface area contributed by atoms with Gasteiger partial charge in [-0.1, -0.05) is 23.5 Å². The number of carboxylic acid groups (broad SMARTS) is 1. The minimum atomic E-state index is -1.19. The molecule has 3 heterocycles. The molecule has 0 spiro atoms. The van der Waals surface area contributed by atoms with E-state index in [0.29, 0.717) is 0 Å². The van der Waals surface area contributed by atoms with E-state index in [0.717, 1.165) is 26.8 Å². The molecule has 2 aliphatic heterocycles. The number of fused-ring (bicyclic) bond motifs is 9. The quantitative estimate of drug-likeness (QED) is 0.584. The number of thiazole rings is 1. The molecule has 2 aliphatic carbocycles. The van der Waals surface area contributed by atoms with Crippen molar-refractivity contribution in [2.24, 2.45) is 29.6 Å². The molecule has 6 rings (SSSR count). The summed E-state index contributed by atoms with van der Waals surface area (Å²) in [6, 6.07) is 5.77. The number of phenolic OH excluding ortho intramolecular Hbond substituents is 1. The molecule has 1 aromatic carbocycles. The van der Waals surface area contributed by atoms with Crippen LogP contribution in [0.15, 0.2) is 34.1 Å². The summed E-state index contributed by atoms with van der Waals surface area (Å²) in [6.45, 7) is 1.38. The van der Waals surface area contributed by atoms with Gasteiger partial charge in [-0.2, -0.15) is 0 Å². The van der Waals surface area contributed by atoms with Crippen LogP contribution in [0.2, 0.25) is 0 Å². The Morgan fingerprint density at radius 1 is 1.12 bits per heavy atom. The summed E-state index contributed by atoms with van der Waals surface area (Å²) in [5.41, 5.74) is 0.964. The van der Waals surface area contributed by atoms with E-state index in [1.165, 1.54) is 18.3 Å². The van der Waals surface area contributed by atoms with Crippen LogP contribution in [0.25, 0.3) is 0 Å². The number of aromatic amines is 1. The van der Waals surface area contributed by atoms with E-state index in [-0.39, 0.29) is 51.4 Å². The van der Waals surface area contributed by atoms with Crippen LogP contribution in [0, 0.1) is 29.6 Å². The lowest BCUT2D eigenvalue weighted by molar-refractivity contribution is -0.154. The highest BCUT2D eigenvalue weighted by molar-refractivity contribution is 8.00. The lowest BCUT2D eigenvalue weighted by Crippen LogP contribution is -2.44. The van der Waals surface area contributed by atoms with Crippen LogP contribution in [-0.4, -0.2) is 49.2 Å². The number of carboxylic acids is 1. The maximum absolute atomic E-state index is 13.3. The number of carbonyl (C=O) groups is 3. The van der Waals surface area contributed by atoms with Gasteiger partial charge in [0.2, 0.25) is 11.8 Å². The van der Waals surface area contributed by atoms with Crippen molar-refractivity contribution in [3.05, 3.63) is 44.4 Å². The summed E-state index contributed by atoms with van der Waals surface area (Å²) >= 11 is 2.76. The Morgan fingerprint density at radius 2 is 1.78 bits per heavy atom. The van der Waals surface area contributed by atoms with Gasteiger partial charge in [0.05, 0.1) is 16.9 Å². The number of hydrogen-bond acceptors (Lipinski definition) is 7. The molecule has 10 heteroatoms. The molecule has 8 atom stereocenters. The minimum absolute atomic E-state index is 0.0430. The van der Waals surface area contributed by atoms with E-state index >= 15 is 0 Å². The number of nitrogens with zero attached hydrogens (tertiary/aromatic N) is 1. The van der Waals surface area contributed by atoms with Gasteiger partial charge in [0.25, 0.3) is 0 Å². The van der Waals surface area contributed by atoms with Gasteiger partial charge in [-0.15, -0.1) is 11.8 Å². The number of likely N-dealkylation sites (tertiary alicyclic amines) is 1. The molecule has 8 nitrogen and oxygen atoms in total. The van der Waals surface area contributed by atoms with Crippen molar-refractivity contribution in [1.29, 1.82) is 0 Å². The number of benzene rings is 1. The lowest BCUT2D eigenvalue weighted by atomic mass is 9.68. The van der Waals surface area contributed by atoms with E-state index in [9.17, 15) is 29.4 Å². The maximum Gasteiger partial charge on any atom is 0.326 e. The summed E-state index contributed by atoms with van der Waals surface area (Å²) in [4.78, 5) is 54.9. The fourth-order valence-corrected chi connectivity index (χ4v) is 9.48. The first-order valence-electron chi connectivity index (χ1n) is 10.6. The highest BCUT2D eigenvalue weighted by Gasteiger charge is 2.70. The Bertz CT molecular complexity index is 1220. The van der Waals surface area contributed by atoms with Crippen molar-refractivity contribution in [3.63, 3.8) is 0 Å². The second kappa shape index (κ2) is 6.71. The number of aliphatic carboxylic acids is 1. The predicted molar refractivity (Wildman–Crippen MR) is 116 cm³/mol. The molecule has 3 fully saturated rings. The van der Waals surface area contributed by atoms with Gasteiger partial charge in [-0.05, 0) is 48.8 Å². The Kier molecular flexibility index (Phi) is 4.20. The Labute approximate surface area is 190 Å². The van der Waals surface area contributed by atoms with Crippen LogP contribution < -0.4 is 4.87 Å². The topological polar surface area (TPSA) is 128 Å². The van der Waals surface area contributed by atoms with Crippen LogP contribution in [-0.2, 0) is 14.4 Å².